The van der Waals surface area contributed by atoms with Crippen LogP contribution >= 0.6 is 0 Å². The van der Waals surface area contributed by atoms with Gasteiger partial charge >= 0.3 is 0 Å². The van der Waals surface area contributed by atoms with Gasteiger partial charge < -0.3 is 9.26 Å². The number of fused-ring (bicyclic) bond motifs is 1. The van der Waals surface area contributed by atoms with Crippen molar-refractivity contribution in [1.29, 1.82) is 0 Å². The van der Waals surface area contributed by atoms with E-state index in [9.17, 15) is 13.2 Å². The van der Waals surface area contributed by atoms with Gasteiger partial charge in [0.2, 0.25) is 15.9 Å². The lowest BCUT2D eigenvalue weighted by molar-refractivity contribution is -0.121. The number of amides is 1. The molecule has 3 heterocycles. The average Bonchev–Trinajstić information content (AvgIpc) is 3.09. The van der Waals surface area contributed by atoms with Crippen LogP contribution in [-0.4, -0.2) is 48.5 Å². The van der Waals surface area contributed by atoms with Gasteiger partial charge in [0.05, 0.1) is 17.1 Å². The summed E-state index contributed by atoms with van der Waals surface area (Å²) in [6.07, 6.45) is 1.68. The highest BCUT2D eigenvalue weighted by Crippen LogP contribution is 2.36. The maximum atomic E-state index is 13.1. The van der Waals surface area contributed by atoms with Gasteiger partial charge in [-0.1, -0.05) is 12.1 Å². The highest BCUT2D eigenvalue weighted by molar-refractivity contribution is 7.89. The molecule has 2 aliphatic heterocycles. The fraction of sp³-hybridized carbons (Fsp3) is 0.500. The van der Waals surface area contributed by atoms with Crippen molar-refractivity contribution >= 4 is 21.6 Å². The molecule has 1 aromatic heterocycles. The van der Waals surface area contributed by atoms with Crippen LogP contribution < -0.4 is 9.64 Å². The van der Waals surface area contributed by atoms with Crippen molar-refractivity contribution in [3.05, 3.63) is 29.9 Å². The number of sulfonamides is 1. The minimum absolute atomic E-state index is 0.0806. The van der Waals surface area contributed by atoms with Crippen LogP contribution in [0.4, 0.5) is 5.69 Å². The molecule has 0 bridgehead atoms. The Morgan fingerprint density at radius 1 is 1.25 bits per heavy atom. The van der Waals surface area contributed by atoms with Crippen LogP contribution in [0.2, 0.25) is 0 Å². The van der Waals surface area contributed by atoms with Crippen molar-refractivity contribution in [3.8, 4) is 5.75 Å². The first kappa shape index (κ1) is 18.9. The first-order chi connectivity index (χ1) is 13.3. The predicted octanol–water partition coefficient (Wildman–Crippen LogP) is 1.72. The third kappa shape index (κ3) is 3.49. The Morgan fingerprint density at radius 3 is 2.68 bits per heavy atom. The van der Waals surface area contributed by atoms with E-state index >= 15 is 0 Å². The van der Waals surface area contributed by atoms with Crippen molar-refractivity contribution in [2.24, 2.45) is 5.92 Å². The minimum Gasteiger partial charge on any atom is -0.482 e. The minimum atomic E-state index is -3.64. The fourth-order valence-corrected chi connectivity index (χ4v) is 4.93. The Morgan fingerprint density at radius 2 is 2.00 bits per heavy atom. The molecule has 1 saturated heterocycles. The molecule has 2 aliphatic rings. The maximum absolute atomic E-state index is 13.1. The van der Waals surface area contributed by atoms with E-state index in [0.717, 1.165) is 12.8 Å². The molecule has 1 aromatic carbocycles. The van der Waals surface area contributed by atoms with E-state index in [2.05, 4.69) is 17.1 Å². The Balaban J connectivity index is 1.66. The lowest BCUT2D eigenvalue weighted by Gasteiger charge is -2.31. The third-order valence-electron chi connectivity index (χ3n) is 5.12. The second-order valence-corrected chi connectivity index (χ2v) is 9.15. The van der Waals surface area contributed by atoms with Gasteiger partial charge in [-0.3, -0.25) is 9.69 Å². The van der Waals surface area contributed by atoms with Gasteiger partial charge in [-0.15, -0.1) is 0 Å². The van der Waals surface area contributed by atoms with Crippen molar-refractivity contribution in [2.75, 3.05) is 24.6 Å². The van der Waals surface area contributed by atoms with E-state index in [1.807, 2.05) is 0 Å². The molecule has 28 heavy (non-hydrogen) atoms. The summed E-state index contributed by atoms with van der Waals surface area (Å²) in [6, 6.07) is 4.61. The van der Waals surface area contributed by atoms with E-state index in [-0.39, 0.29) is 24.0 Å². The van der Waals surface area contributed by atoms with Crippen LogP contribution in [0.25, 0.3) is 0 Å². The highest BCUT2D eigenvalue weighted by atomic mass is 32.2. The number of anilines is 1. The summed E-state index contributed by atoms with van der Waals surface area (Å²) in [7, 11) is -3.64. The van der Waals surface area contributed by atoms with E-state index in [4.69, 9.17) is 9.26 Å². The number of piperidine rings is 1. The number of aromatic nitrogens is 2. The number of nitrogens with zero attached hydrogens (tertiary/aromatic N) is 4. The van der Waals surface area contributed by atoms with Crippen molar-refractivity contribution < 1.29 is 22.5 Å². The van der Waals surface area contributed by atoms with Gasteiger partial charge in [0, 0.05) is 20.0 Å². The summed E-state index contributed by atoms with van der Waals surface area (Å²) in [5.74, 6) is 1.42. The molecule has 150 valence electrons. The fourth-order valence-electron chi connectivity index (χ4n) is 3.44. The first-order valence-corrected chi connectivity index (χ1v) is 10.6. The monoisotopic (exact) mass is 406 g/mol. The number of carbonyl (C=O) groups excluding carboxylic acids is 1. The Kier molecular flexibility index (Phi) is 4.84. The molecular formula is C18H22N4O5S. The molecule has 0 N–H and O–H groups in total. The zero-order chi connectivity index (χ0) is 19.9. The van der Waals surface area contributed by atoms with Gasteiger partial charge in [-0.2, -0.15) is 9.29 Å². The summed E-state index contributed by atoms with van der Waals surface area (Å²) in [4.78, 5) is 18.1. The SMILES string of the molecule is Cc1nc(CN2C(=O)COc3ccc(S(=O)(=O)N4CCC(C)CC4)cc32)no1. The second-order valence-electron chi connectivity index (χ2n) is 7.21. The molecule has 1 fully saturated rings. The number of benzene rings is 1. The van der Waals surface area contributed by atoms with Crippen LogP contribution in [0, 0.1) is 12.8 Å². The number of hydrogen-bond acceptors (Lipinski definition) is 7. The zero-order valence-electron chi connectivity index (χ0n) is 15.8. The van der Waals surface area contributed by atoms with Crippen LogP contribution in [0.5, 0.6) is 5.75 Å². The highest BCUT2D eigenvalue weighted by Gasteiger charge is 2.32. The Bertz CT molecular complexity index is 995. The van der Waals surface area contributed by atoms with Crippen molar-refractivity contribution in [3.63, 3.8) is 0 Å². The van der Waals surface area contributed by atoms with Crippen LogP contribution in [0.15, 0.2) is 27.6 Å². The third-order valence-corrected chi connectivity index (χ3v) is 7.02. The molecule has 0 spiro atoms. The Labute approximate surface area is 163 Å². The average molecular weight is 406 g/mol. The van der Waals surface area contributed by atoms with Gasteiger partial charge in [0.1, 0.15) is 5.75 Å². The Hall–Kier alpha value is -2.46. The maximum Gasteiger partial charge on any atom is 0.265 e. The van der Waals surface area contributed by atoms with Crippen molar-refractivity contribution in [2.45, 2.75) is 38.1 Å². The molecule has 0 atom stereocenters. The molecule has 2 aromatic rings. The number of aryl methyl sites for hydroxylation is 1. The summed E-state index contributed by atoms with van der Waals surface area (Å²) in [5.41, 5.74) is 0.394. The molecule has 0 radical (unpaired) electrons. The molecule has 1 amide bonds. The van der Waals surface area contributed by atoms with Crippen molar-refractivity contribution in [1.82, 2.24) is 14.4 Å². The number of hydrogen-bond donors (Lipinski definition) is 0. The van der Waals surface area contributed by atoms with Gasteiger partial charge in [-0.05, 0) is 37.0 Å². The van der Waals surface area contributed by atoms with E-state index in [1.54, 1.807) is 13.0 Å². The predicted molar refractivity (Wildman–Crippen MR) is 99.3 cm³/mol. The van der Waals surface area contributed by atoms with Gasteiger partial charge in [0.15, 0.2) is 12.4 Å². The lowest BCUT2D eigenvalue weighted by atomic mass is 10.0. The molecular weight excluding hydrogens is 384 g/mol. The smallest absolute Gasteiger partial charge is 0.265 e. The number of rotatable bonds is 4. The van der Waals surface area contributed by atoms with Gasteiger partial charge in [0.25, 0.3) is 5.91 Å². The quantitative estimate of drug-likeness (QED) is 0.761. The van der Waals surface area contributed by atoms with Gasteiger partial charge in [-0.25, -0.2) is 8.42 Å². The normalized spacial score (nSPS) is 18.8. The summed E-state index contributed by atoms with van der Waals surface area (Å²) in [5, 5.41) is 3.82. The number of carbonyl (C=O) groups is 1. The summed E-state index contributed by atoms with van der Waals surface area (Å²) in [6.45, 7) is 4.75. The van der Waals surface area contributed by atoms with Crippen LogP contribution in [-0.2, 0) is 21.4 Å². The van der Waals surface area contributed by atoms with E-state index < -0.39 is 10.0 Å². The number of ether oxygens (including phenoxy) is 1. The molecule has 4 rings (SSSR count). The summed E-state index contributed by atoms with van der Waals surface area (Å²) >= 11 is 0. The molecule has 10 heteroatoms. The van der Waals surface area contributed by atoms with Crippen LogP contribution in [0.1, 0.15) is 31.5 Å². The molecule has 0 unspecified atom stereocenters. The standard InChI is InChI=1S/C18H22N4O5S/c1-12-5-7-21(8-6-12)28(24,25)14-3-4-16-15(9-14)22(18(23)11-26-16)10-17-19-13(2)27-20-17/h3-4,9,12H,5-8,10-11H2,1-2H3. The molecule has 9 nitrogen and oxygen atoms in total. The van der Waals surface area contributed by atoms with Crippen LogP contribution in [0.3, 0.4) is 0 Å². The second kappa shape index (κ2) is 7.17. The molecule has 0 aliphatic carbocycles. The van der Waals surface area contributed by atoms with E-state index in [1.165, 1.54) is 21.3 Å². The lowest BCUT2D eigenvalue weighted by Crippen LogP contribution is -2.39. The summed E-state index contributed by atoms with van der Waals surface area (Å²) < 4.78 is 38.1. The zero-order valence-corrected chi connectivity index (χ0v) is 16.6. The molecule has 0 saturated carbocycles. The largest absolute Gasteiger partial charge is 0.482 e. The van der Waals surface area contributed by atoms with E-state index in [0.29, 0.717) is 42.2 Å². The first-order valence-electron chi connectivity index (χ1n) is 9.21. The topological polar surface area (TPSA) is 106 Å².